The number of halogens is 1. The normalized spacial score (nSPS) is 20.4. The lowest BCUT2D eigenvalue weighted by Gasteiger charge is -2.27. The Balaban J connectivity index is 1.69. The highest BCUT2D eigenvalue weighted by Gasteiger charge is 2.23. The highest BCUT2D eigenvalue weighted by atomic mass is 19.1. The predicted octanol–water partition coefficient (Wildman–Crippen LogP) is 5.53. The van der Waals surface area contributed by atoms with Gasteiger partial charge in [0, 0.05) is 42.0 Å². The SMILES string of the molecule is CCC(C)CCNc1ncc2c(-c3ccc(F)cc3)cn(C3CCC(N)CC3)c2n1. The van der Waals surface area contributed by atoms with Gasteiger partial charge in [0.2, 0.25) is 5.95 Å². The number of benzene rings is 1. The highest BCUT2D eigenvalue weighted by molar-refractivity contribution is 5.94. The third-order valence-corrected chi connectivity index (χ3v) is 6.48. The van der Waals surface area contributed by atoms with Gasteiger partial charge >= 0.3 is 0 Å². The Hall–Kier alpha value is -2.47. The van der Waals surface area contributed by atoms with Crippen LogP contribution < -0.4 is 11.1 Å². The molecule has 30 heavy (non-hydrogen) atoms. The Labute approximate surface area is 177 Å². The maximum absolute atomic E-state index is 13.5. The fourth-order valence-corrected chi connectivity index (χ4v) is 4.27. The van der Waals surface area contributed by atoms with E-state index in [2.05, 4.69) is 34.9 Å². The van der Waals surface area contributed by atoms with E-state index in [1.54, 1.807) is 0 Å². The van der Waals surface area contributed by atoms with Crippen LogP contribution in [0.1, 0.15) is 58.4 Å². The fourth-order valence-electron chi connectivity index (χ4n) is 4.27. The zero-order chi connectivity index (χ0) is 21.1. The molecule has 3 N–H and O–H groups in total. The molecule has 6 heteroatoms. The maximum Gasteiger partial charge on any atom is 0.224 e. The quantitative estimate of drug-likeness (QED) is 0.538. The van der Waals surface area contributed by atoms with Crippen molar-refractivity contribution in [3.05, 3.63) is 42.5 Å². The Kier molecular flexibility index (Phi) is 6.32. The van der Waals surface area contributed by atoms with Crippen LogP contribution in [0.5, 0.6) is 0 Å². The first kappa shape index (κ1) is 20.8. The maximum atomic E-state index is 13.5. The summed E-state index contributed by atoms with van der Waals surface area (Å²) in [5, 5.41) is 4.39. The van der Waals surface area contributed by atoms with Crippen molar-refractivity contribution >= 4 is 17.0 Å². The molecule has 0 saturated heterocycles. The zero-order valence-electron chi connectivity index (χ0n) is 17.9. The number of rotatable bonds is 7. The summed E-state index contributed by atoms with van der Waals surface area (Å²) in [6.07, 6.45) is 10.5. The first-order valence-corrected chi connectivity index (χ1v) is 11.2. The molecule has 1 aliphatic rings. The number of anilines is 1. The summed E-state index contributed by atoms with van der Waals surface area (Å²) < 4.78 is 15.7. The molecule has 1 aliphatic carbocycles. The molecule has 5 nitrogen and oxygen atoms in total. The van der Waals surface area contributed by atoms with E-state index in [0.29, 0.717) is 23.9 Å². The summed E-state index contributed by atoms with van der Waals surface area (Å²) in [5.74, 6) is 1.12. The van der Waals surface area contributed by atoms with Crippen molar-refractivity contribution in [2.45, 2.75) is 64.5 Å². The van der Waals surface area contributed by atoms with Crippen molar-refractivity contribution < 1.29 is 4.39 Å². The molecule has 1 fully saturated rings. The van der Waals surface area contributed by atoms with E-state index in [1.807, 2.05) is 18.3 Å². The molecule has 3 aromatic rings. The van der Waals surface area contributed by atoms with Crippen molar-refractivity contribution in [1.29, 1.82) is 0 Å². The van der Waals surface area contributed by atoms with Crippen LogP contribution in [-0.2, 0) is 0 Å². The Morgan fingerprint density at radius 1 is 1.20 bits per heavy atom. The van der Waals surface area contributed by atoms with Crippen molar-refractivity contribution in [1.82, 2.24) is 14.5 Å². The second kappa shape index (κ2) is 9.13. The topological polar surface area (TPSA) is 68.8 Å². The smallest absolute Gasteiger partial charge is 0.224 e. The summed E-state index contributed by atoms with van der Waals surface area (Å²) in [4.78, 5) is 9.47. The zero-order valence-corrected chi connectivity index (χ0v) is 17.9. The molecule has 1 atom stereocenters. The second-order valence-corrected chi connectivity index (χ2v) is 8.69. The summed E-state index contributed by atoms with van der Waals surface area (Å²) in [6.45, 7) is 5.34. The fraction of sp³-hybridized carbons (Fsp3) is 0.500. The average molecular weight is 410 g/mol. The molecule has 0 aliphatic heterocycles. The largest absolute Gasteiger partial charge is 0.354 e. The van der Waals surface area contributed by atoms with Gasteiger partial charge in [-0.25, -0.2) is 9.37 Å². The molecule has 4 rings (SSSR count). The standard InChI is InChI=1S/C24H32FN5/c1-3-16(2)12-13-27-24-28-14-21-22(17-4-6-18(25)7-5-17)15-30(23(21)29-24)20-10-8-19(26)9-11-20/h4-7,14-16,19-20H,3,8-13,26H2,1-2H3,(H,27,28,29). The minimum Gasteiger partial charge on any atom is -0.354 e. The van der Waals surface area contributed by atoms with Crippen LogP contribution in [0.4, 0.5) is 10.3 Å². The van der Waals surface area contributed by atoms with E-state index in [4.69, 9.17) is 10.7 Å². The van der Waals surface area contributed by atoms with E-state index in [-0.39, 0.29) is 5.82 Å². The monoisotopic (exact) mass is 409 g/mol. The van der Waals surface area contributed by atoms with Gasteiger partial charge in [-0.1, -0.05) is 32.4 Å². The van der Waals surface area contributed by atoms with Crippen molar-refractivity contribution in [2.75, 3.05) is 11.9 Å². The summed E-state index contributed by atoms with van der Waals surface area (Å²) in [5.41, 5.74) is 9.10. The molecule has 0 bridgehead atoms. The van der Waals surface area contributed by atoms with Gasteiger partial charge in [-0.15, -0.1) is 0 Å². The molecule has 1 saturated carbocycles. The van der Waals surface area contributed by atoms with Crippen LogP contribution in [-0.4, -0.2) is 27.1 Å². The molecule has 160 valence electrons. The van der Waals surface area contributed by atoms with Crippen LogP contribution in [0.25, 0.3) is 22.2 Å². The van der Waals surface area contributed by atoms with Gasteiger partial charge in [-0.05, 0) is 55.7 Å². The molecule has 0 radical (unpaired) electrons. The van der Waals surface area contributed by atoms with Crippen LogP contribution in [0.15, 0.2) is 36.7 Å². The number of hydrogen-bond acceptors (Lipinski definition) is 4. The van der Waals surface area contributed by atoms with Crippen LogP contribution >= 0.6 is 0 Å². The van der Waals surface area contributed by atoms with E-state index in [0.717, 1.165) is 60.8 Å². The van der Waals surface area contributed by atoms with Crippen molar-refractivity contribution in [2.24, 2.45) is 11.7 Å². The van der Waals surface area contributed by atoms with Gasteiger partial charge in [-0.2, -0.15) is 4.98 Å². The highest BCUT2D eigenvalue weighted by Crippen LogP contribution is 2.36. The van der Waals surface area contributed by atoms with Crippen LogP contribution in [0, 0.1) is 11.7 Å². The molecular formula is C24H32FN5. The van der Waals surface area contributed by atoms with Gasteiger partial charge < -0.3 is 15.6 Å². The van der Waals surface area contributed by atoms with Crippen molar-refractivity contribution in [3.8, 4) is 11.1 Å². The number of nitrogens with one attached hydrogen (secondary N) is 1. The van der Waals surface area contributed by atoms with Crippen molar-refractivity contribution in [3.63, 3.8) is 0 Å². The summed E-state index contributed by atoms with van der Waals surface area (Å²) >= 11 is 0. The van der Waals surface area contributed by atoms with Crippen LogP contribution in [0.3, 0.4) is 0 Å². The van der Waals surface area contributed by atoms with Gasteiger partial charge in [0.15, 0.2) is 0 Å². The number of hydrogen-bond donors (Lipinski definition) is 2. The lowest BCUT2D eigenvalue weighted by atomic mass is 9.92. The van der Waals surface area contributed by atoms with E-state index >= 15 is 0 Å². The second-order valence-electron chi connectivity index (χ2n) is 8.69. The summed E-state index contributed by atoms with van der Waals surface area (Å²) in [7, 11) is 0. The molecule has 0 amide bonds. The van der Waals surface area contributed by atoms with Gasteiger partial charge in [0.1, 0.15) is 11.5 Å². The molecule has 1 unspecified atom stereocenters. The average Bonchev–Trinajstić information content (AvgIpc) is 3.13. The lowest BCUT2D eigenvalue weighted by molar-refractivity contribution is 0.329. The molecule has 0 spiro atoms. The summed E-state index contributed by atoms with van der Waals surface area (Å²) in [6, 6.07) is 7.33. The number of nitrogens with zero attached hydrogens (tertiary/aromatic N) is 3. The Morgan fingerprint density at radius 3 is 2.63 bits per heavy atom. The molecule has 2 aromatic heterocycles. The molecule has 2 heterocycles. The van der Waals surface area contributed by atoms with Gasteiger partial charge in [0.25, 0.3) is 0 Å². The van der Waals surface area contributed by atoms with E-state index < -0.39 is 0 Å². The Bertz CT molecular complexity index is 973. The number of nitrogens with two attached hydrogens (primary N) is 1. The third-order valence-electron chi connectivity index (χ3n) is 6.48. The first-order chi connectivity index (χ1) is 14.5. The van der Waals surface area contributed by atoms with E-state index in [1.165, 1.54) is 18.6 Å². The number of fused-ring (bicyclic) bond motifs is 1. The molecular weight excluding hydrogens is 377 g/mol. The van der Waals surface area contributed by atoms with E-state index in [9.17, 15) is 4.39 Å². The first-order valence-electron chi connectivity index (χ1n) is 11.2. The van der Waals surface area contributed by atoms with Gasteiger partial charge in [0.05, 0.1) is 0 Å². The minimum atomic E-state index is -0.229. The lowest BCUT2D eigenvalue weighted by Crippen LogP contribution is -2.27. The third kappa shape index (κ3) is 4.48. The Morgan fingerprint density at radius 2 is 1.93 bits per heavy atom. The molecule has 1 aromatic carbocycles. The minimum absolute atomic E-state index is 0.229. The number of aromatic nitrogens is 3. The van der Waals surface area contributed by atoms with Crippen LogP contribution in [0.2, 0.25) is 0 Å². The van der Waals surface area contributed by atoms with Gasteiger partial charge in [-0.3, -0.25) is 0 Å². The predicted molar refractivity (Wildman–Crippen MR) is 121 cm³/mol.